The van der Waals surface area contributed by atoms with Gasteiger partial charge in [0.25, 0.3) is 0 Å². The lowest BCUT2D eigenvalue weighted by atomic mass is 10.0. The summed E-state index contributed by atoms with van der Waals surface area (Å²) >= 11 is 13.5. The maximum Gasteiger partial charge on any atom is 0.241 e. The highest BCUT2D eigenvalue weighted by atomic mass is 35.5. The van der Waals surface area contributed by atoms with Crippen LogP contribution in [-0.4, -0.2) is 17.1 Å². The number of hydrogen-bond donors (Lipinski definition) is 1. The lowest BCUT2D eigenvalue weighted by Gasteiger charge is -2.36. The number of nitrogens with one attached hydrogen (secondary N) is 1. The Morgan fingerprint density at radius 3 is 2.58 bits per heavy atom. The van der Waals surface area contributed by atoms with Gasteiger partial charge in [-0.3, -0.25) is 9.59 Å². The highest BCUT2D eigenvalue weighted by molar-refractivity contribution is 8.01. The standard InChI is InChI=1S/C25H21Cl2FN2O2S/c1-15(24(31)29-13-16-6-9-18(26)10-7-16)23-25(32)30(21-4-2-3-5-22(21)33-23)14-17-8-11-19(28)12-20(17)27/h2-12,15,23H,13-14H2,1H3,(H,29,31)/t15-,23+/m0/s1. The number of rotatable bonds is 6. The molecular formula is C25H21Cl2FN2O2S. The van der Waals surface area contributed by atoms with Crippen molar-refractivity contribution in [2.45, 2.75) is 30.2 Å². The number of amides is 2. The number of halogens is 3. The maximum absolute atomic E-state index is 13.5. The summed E-state index contributed by atoms with van der Waals surface area (Å²) in [7, 11) is 0. The Hall–Kier alpha value is -2.54. The van der Waals surface area contributed by atoms with E-state index in [2.05, 4.69) is 5.32 Å². The highest BCUT2D eigenvalue weighted by Gasteiger charge is 2.39. The van der Waals surface area contributed by atoms with E-state index in [1.807, 2.05) is 36.4 Å². The molecule has 0 spiro atoms. The van der Waals surface area contributed by atoms with Crippen molar-refractivity contribution in [3.05, 3.63) is 93.7 Å². The number of fused-ring (bicyclic) bond motifs is 1. The predicted molar refractivity (Wildman–Crippen MR) is 131 cm³/mol. The Kier molecular flexibility index (Phi) is 7.27. The fourth-order valence-electron chi connectivity index (χ4n) is 3.63. The minimum absolute atomic E-state index is 0.186. The number of carbonyl (C=O) groups is 2. The first-order chi connectivity index (χ1) is 15.8. The van der Waals surface area contributed by atoms with E-state index in [0.29, 0.717) is 17.1 Å². The monoisotopic (exact) mass is 502 g/mol. The average molecular weight is 503 g/mol. The largest absolute Gasteiger partial charge is 0.352 e. The van der Waals surface area contributed by atoms with Crippen molar-refractivity contribution in [3.8, 4) is 0 Å². The molecule has 2 atom stereocenters. The summed E-state index contributed by atoms with van der Waals surface area (Å²) in [4.78, 5) is 29.0. The van der Waals surface area contributed by atoms with Gasteiger partial charge in [0.15, 0.2) is 0 Å². The van der Waals surface area contributed by atoms with Crippen molar-refractivity contribution >= 4 is 52.5 Å². The second kappa shape index (κ2) is 10.2. The van der Waals surface area contributed by atoms with Crippen LogP contribution >= 0.6 is 35.0 Å². The van der Waals surface area contributed by atoms with Gasteiger partial charge in [-0.25, -0.2) is 4.39 Å². The minimum Gasteiger partial charge on any atom is -0.352 e. The fourth-order valence-corrected chi connectivity index (χ4v) is 5.27. The molecule has 1 N–H and O–H groups in total. The highest BCUT2D eigenvalue weighted by Crippen LogP contribution is 2.42. The molecule has 170 valence electrons. The molecule has 2 amide bonds. The van der Waals surface area contributed by atoms with Crippen LogP contribution in [0.5, 0.6) is 0 Å². The van der Waals surface area contributed by atoms with Crippen molar-refractivity contribution in [1.29, 1.82) is 0 Å². The van der Waals surface area contributed by atoms with Crippen LogP contribution in [0.3, 0.4) is 0 Å². The van der Waals surface area contributed by atoms with Gasteiger partial charge in [0, 0.05) is 21.5 Å². The molecule has 4 rings (SSSR count). The van der Waals surface area contributed by atoms with Gasteiger partial charge in [0.1, 0.15) is 11.1 Å². The van der Waals surface area contributed by atoms with Gasteiger partial charge >= 0.3 is 0 Å². The Morgan fingerprint density at radius 1 is 1.12 bits per heavy atom. The van der Waals surface area contributed by atoms with Crippen LogP contribution < -0.4 is 10.2 Å². The molecule has 1 aliphatic rings. The van der Waals surface area contributed by atoms with Gasteiger partial charge in [0.2, 0.25) is 11.8 Å². The van der Waals surface area contributed by atoms with Crippen LogP contribution in [0.1, 0.15) is 18.1 Å². The third kappa shape index (κ3) is 5.35. The molecule has 0 saturated carbocycles. The lowest BCUT2D eigenvalue weighted by molar-refractivity contribution is -0.128. The molecule has 0 fully saturated rings. The summed E-state index contributed by atoms with van der Waals surface area (Å²) in [5.74, 6) is -1.41. The first-order valence-electron chi connectivity index (χ1n) is 10.4. The van der Waals surface area contributed by atoms with Crippen molar-refractivity contribution in [2.75, 3.05) is 4.90 Å². The minimum atomic E-state index is -0.607. The number of para-hydroxylation sites is 1. The topological polar surface area (TPSA) is 49.4 Å². The first-order valence-corrected chi connectivity index (χ1v) is 12.0. The zero-order valence-electron chi connectivity index (χ0n) is 17.7. The Morgan fingerprint density at radius 2 is 1.85 bits per heavy atom. The molecule has 4 nitrogen and oxygen atoms in total. The van der Waals surface area contributed by atoms with E-state index in [1.165, 1.54) is 23.9 Å². The van der Waals surface area contributed by atoms with Crippen molar-refractivity contribution in [1.82, 2.24) is 5.32 Å². The molecule has 3 aromatic rings. The zero-order valence-corrected chi connectivity index (χ0v) is 20.1. The summed E-state index contributed by atoms with van der Waals surface area (Å²) in [5.41, 5.74) is 2.30. The van der Waals surface area contributed by atoms with E-state index < -0.39 is 17.0 Å². The molecule has 0 aliphatic carbocycles. The number of benzene rings is 3. The van der Waals surface area contributed by atoms with E-state index in [0.717, 1.165) is 16.1 Å². The van der Waals surface area contributed by atoms with Crippen molar-refractivity contribution in [2.24, 2.45) is 5.92 Å². The third-order valence-corrected chi connectivity index (χ3v) is 7.58. The van der Waals surface area contributed by atoms with Crippen LogP contribution in [-0.2, 0) is 22.7 Å². The second-order valence-corrected chi connectivity index (χ2v) is 9.83. The van der Waals surface area contributed by atoms with Gasteiger partial charge in [-0.05, 0) is 47.5 Å². The van der Waals surface area contributed by atoms with Gasteiger partial charge in [-0.2, -0.15) is 0 Å². The van der Waals surface area contributed by atoms with Crippen LogP contribution in [0.4, 0.5) is 10.1 Å². The Labute approximate surface area is 206 Å². The Bertz CT molecular complexity index is 1190. The summed E-state index contributed by atoms with van der Waals surface area (Å²) in [6.07, 6.45) is 0. The normalized spacial score (nSPS) is 16.3. The molecule has 8 heteroatoms. The van der Waals surface area contributed by atoms with Gasteiger partial charge < -0.3 is 10.2 Å². The third-order valence-electron chi connectivity index (χ3n) is 5.51. The number of hydrogen-bond acceptors (Lipinski definition) is 3. The molecule has 0 radical (unpaired) electrons. The average Bonchev–Trinajstić information content (AvgIpc) is 2.81. The molecule has 1 aliphatic heterocycles. The molecule has 1 heterocycles. The maximum atomic E-state index is 13.5. The first kappa shape index (κ1) is 23.6. The zero-order chi connectivity index (χ0) is 23.5. The molecule has 33 heavy (non-hydrogen) atoms. The smallest absolute Gasteiger partial charge is 0.241 e. The number of nitrogens with zero attached hydrogens (tertiary/aromatic N) is 1. The predicted octanol–water partition coefficient (Wildman–Crippen LogP) is 6.09. The number of anilines is 1. The van der Waals surface area contributed by atoms with E-state index in [9.17, 15) is 14.0 Å². The van der Waals surface area contributed by atoms with Crippen LogP contribution in [0.15, 0.2) is 71.6 Å². The summed E-state index contributed by atoms with van der Waals surface area (Å²) in [6.45, 7) is 2.28. The van der Waals surface area contributed by atoms with E-state index in [4.69, 9.17) is 23.2 Å². The molecule has 0 aromatic heterocycles. The molecule has 0 unspecified atom stereocenters. The summed E-state index contributed by atoms with van der Waals surface area (Å²) < 4.78 is 13.5. The van der Waals surface area contributed by atoms with Gasteiger partial charge in [-0.1, -0.05) is 60.5 Å². The number of thioether (sulfide) groups is 1. The lowest BCUT2D eigenvalue weighted by Crippen LogP contribution is -2.47. The second-order valence-electron chi connectivity index (χ2n) is 7.80. The van der Waals surface area contributed by atoms with Crippen molar-refractivity contribution in [3.63, 3.8) is 0 Å². The van der Waals surface area contributed by atoms with Gasteiger partial charge in [-0.15, -0.1) is 11.8 Å². The van der Waals surface area contributed by atoms with E-state index in [1.54, 1.807) is 30.0 Å². The van der Waals surface area contributed by atoms with Crippen LogP contribution in [0.2, 0.25) is 10.0 Å². The van der Waals surface area contributed by atoms with Gasteiger partial charge in [0.05, 0.1) is 18.2 Å². The van der Waals surface area contributed by atoms with Crippen LogP contribution in [0.25, 0.3) is 0 Å². The molecule has 0 saturated heterocycles. The summed E-state index contributed by atoms with van der Waals surface area (Å²) in [5, 5.41) is 3.18. The molecule has 0 bridgehead atoms. The Balaban J connectivity index is 1.54. The van der Waals surface area contributed by atoms with E-state index >= 15 is 0 Å². The SMILES string of the molecule is C[C@H](C(=O)NCc1ccc(Cl)cc1)[C@H]1Sc2ccccc2N(Cc2ccc(F)cc2Cl)C1=O. The quantitative estimate of drug-likeness (QED) is 0.443. The number of carbonyl (C=O) groups excluding carboxylic acids is 2. The van der Waals surface area contributed by atoms with E-state index in [-0.39, 0.29) is 23.4 Å². The fraction of sp³-hybridized carbons (Fsp3) is 0.200. The summed E-state index contributed by atoms with van der Waals surface area (Å²) in [6, 6.07) is 18.9. The van der Waals surface area contributed by atoms with Crippen LogP contribution in [0, 0.1) is 11.7 Å². The van der Waals surface area contributed by atoms with Crippen molar-refractivity contribution < 1.29 is 14.0 Å². The molecular weight excluding hydrogens is 482 g/mol. The molecule has 3 aromatic carbocycles.